The topological polar surface area (TPSA) is 25.2 Å². The van der Waals surface area contributed by atoms with Crippen molar-refractivity contribution in [2.75, 3.05) is 0 Å². The third-order valence-corrected chi connectivity index (χ3v) is 3.24. The number of aliphatic imine (C=N–C) groups is 1. The maximum atomic E-state index is 4.46. The largest absolute Gasteiger partial charge is 0.259 e. The molecule has 0 N–H and O–H groups in total. The molecule has 0 saturated carbocycles. The standard InChI is InChI=1S/C16H18N2/c1-3-8-16(9-4-2)10-12-18-15(13-16)14-7-5-6-11-17-14/h3-7,10-12H,1-2,8-9,13H2. The molecule has 0 fully saturated rings. The van der Waals surface area contributed by atoms with Crippen molar-refractivity contribution in [3.8, 4) is 0 Å². The molecule has 1 aromatic rings. The lowest BCUT2D eigenvalue weighted by atomic mass is 9.75. The predicted molar refractivity (Wildman–Crippen MR) is 76.6 cm³/mol. The second-order valence-electron chi connectivity index (χ2n) is 4.63. The van der Waals surface area contributed by atoms with Gasteiger partial charge < -0.3 is 0 Å². The number of aromatic nitrogens is 1. The van der Waals surface area contributed by atoms with Crippen molar-refractivity contribution in [1.29, 1.82) is 0 Å². The smallest absolute Gasteiger partial charge is 0.0844 e. The average Bonchev–Trinajstić information content (AvgIpc) is 2.40. The zero-order chi connectivity index (χ0) is 12.8. The summed E-state index contributed by atoms with van der Waals surface area (Å²) < 4.78 is 0. The van der Waals surface area contributed by atoms with E-state index in [1.54, 1.807) is 6.20 Å². The van der Waals surface area contributed by atoms with Crippen LogP contribution in [0.3, 0.4) is 0 Å². The third kappa shape index (κ3) is 2.65. The van der Waals surface area contributed by atoms with Gasteiger partial charge in [-0.2, -0.15) is 0 Å². The van der Waals surface area contributed by atoms with Crippen LogP contribution in [0.1, 0.15) is 25.0 Å². The molecule has 0 aliphatic carbocycles. The van der Waals surface area contributed by atoms with Gasteiger partial charge in [-0.15, -0.1) is 13.2 Å². The molecule has 0 saturated heterocycles. The molecule has 0 aromatic carbocycles. The Balaban J connectivity index is 2.26. The van der Waals surface area contributed by atoms with Gasteiger partial charge in [0.1, 0.15) is 0 Å². The fourth-order valence-electron chi connectivity index (χ4n) is 2.35. The van der Waals surface area contributed by atoms with E-state index in [4.69, 9.17) is 0 Å². The fourth-order valence-corrected chi connectivity index (χ4v) is 2.35. The summed E-state index contributed by atoms with van der Waals surface area (Å²) >= 11 is 0. The molecule has 2 heteroatoms. The molecule has 18 heavy (non-hydrogen) atoms. The fraction of sp³-hybridized carbons (Fsp3) is 0.250. The molecule has 0 atom stereocenters. The first-order chi connectivity index (χ1) is 8.79. The Kier molecular flexibility index (Phi) is 3.88. The zero-order valence-corrected chi connectivity index (χ0v) is 10.5. The van der Waals surface area contributed by atoms with E-state index < -0.39 is 0 Å². The Bertz CT molecular complexity index is 473. The first-order valence-electron chi connectivity index (χ1n) is 6.17. The quantitative estimate of drug-likeness (QED) is 0.713. The maximum Gasteiger partial charge on any atom is 0.0844 e. The van der Waals surface area contributed by atoms with Crippen LogP contribution in [0.5, 0.6) is 0 Å². The van der Waals surface area contributed by atoms with Crippen molar-refractivity contribution in [3.63, 3.8) is 0 Å². The monoisotopic (exact) mass is 238 g/mol. The van der Waals surface area contributed by atoms with Gasteiger partial charge >= 0.3 is 0 Å². The summed E-state index contributed by atoms with van der Waals surface area (Å²) in [7, 11) is 0. The molecule has 0 bridgehead atoms. The van der Waals surface area contributed by atoms with Crippen molar-refractivity contribution in [1.82, 2.24) is 4.98 Å². The van der Waals surface area contributed by atoms with Crippen LogP contribution in [0.15, 0.2) is 67.0 Å². The molecular weight excluding hydrogens is 220 g/mol. The highest BCUT2D eigenvalue weighted by atomic mass is 14.8. The van der Waals surface area contributed by atoms with E-state index in [1.165, 1.54) is 0 Å². The van der Waals surface area contributed by atoms with Crippen LogP contribution in [0, 0.1) is 5.41 Å². The van der Waals surface area contributed by atoms with Crippen molar-refractivity contribution in [3.05, 3.63) is 67.7 Å². The van der Waals surface area contributed by atoms with Gasteiger partial charge in [-0.25, -0.2) is 0 Å². The number of allylic oxidation sites excluding steroid dienone is 3. The third-order valence-electron chi connectivity index (χ3n) is 3.24. The van der Waals surface area contributed by atoms with Gasteiger partial charge in [-0.05, 0) is 25.0 Å². The van der Waals surface area contributed by atoms with Crippen LogP contribution in [0.2, 0.25) is 0 Å². The van der Waals surface area contributed by atoms with Crippen molar-refractivity contribution < 1.29 is 0 Å². The molecular formula is C16H18N2. The number of pyridine rings is 1. The van der Waals surface area contributed by atoms with Crippen molar-refractivity contribution in [2.45, 2.75) is 19.3 Å². The second-order valence-corrected chi connectivity index (χ2v) is 4.63. The number of hydrogen-bond donors (Lipinski definition) is 0. The Morgan fingerprint density at radius 3 is 2.61 bits per heavy atom. The highest BCUT2D eigenvalue weighted by molar-refractivity contribution is 6.00. The zero-order valence-electron chi connectivity index (χ0n) is 10.5. The van der Waals surface area contributed by atoms with Crippen molar-refractivity contribution >= 4 is 5.71 Å². The molecule has 0 spiro atoms. The summed E-state index contributed by atoms with van der Waals surface area (Å²) in [6.45, 7) is 7.71. The molecule has 1 aliphatic heterocycles. The lowest BCUT2D eigenvalue weighted by Gasteiger charge is -2.31. The average molecular weight is 238 g/mol. The van der Waals surface area contributed by atoms with Gasteiger partial charge in [-0.1, -0.05) is 24.3 Å². The predicted octanol–water partition coefficient (Wildman–Crippen LogP) is 3.93. The summed E-state index contributed by atoms with van der Waals surface area (Å²) in [5.74, 6) is 0. The molecule has 1 aliphatic rings. The summed E-state index contributed by atoms with van der Waals surface area (Å²) in [6.07, 6.45) is 12.5. The van der Waals surface area contributed by atoms with Crippen LogP contribution in [0.25, 0.3) is 0 Å². The SMILES string of the molecule is C=CCC1(CC=C)C=CN=C(c2ccccn2)C1. The van der Waals surface area contributed by atoms with Gasteiger partial charge in [-0.3, -0.25) is 9.98 Å². The van der Waals surface area contributed by atoms with Gasteiger partial charge in [0.15, 0.2) is 0 Å². The Labute approximate surface area is 108 Å². The first kappa shape index (κ1) is 12.5. The summed E-state index contributed by atoms with van der Waals surface area (Å²) in [5, 5.41) is 0. The van der Waals surface area contributed by atoms with Crippen molar-refractivity contribution in [2.24, 2.45) is 10.4 Å². The molecule has 0 radical (unpaired) electrons. The molecule has 0 unspecified atom stereocenters. The first-order valence-corrected chi connectivity index (χ1v) is 6.17. The minimum absolute atomic E-state index is 0.0676. The molecule has 1 aromatic heterocycles. The van der Waals surface area contributed by atoms with Gasteiger partial charge in [0, 0.05) is 24.2 Å². The van der Waals surface area contributed by atoms with E-state index in [0.717, 1.165) is 30.7 Å². The highest BCUT2D eigenvalue weighted by Gasteiger charge is 2.29. The number of rotatable bonds is 5. The Morgan fingerprint density at radius 1 is 1.22 bits per heavy atom. The lowest BCUT2D eigenvalue weighted by Crippen LogP contribution is -2.24. The van der Waals surface area contributed by atoms with E-state index in [2.05, 4.69) is 29.2 Å². The Hall–Kier alpha value is -1.96. The Morgan fingerprint density at radius 2 is 2.00 bits per heavy atom. The number of hydrogen-bond acceptors (Lipinski definition) is 2. The molecule has 2 rings (SSSR count). The van der Waals surface area contributed by atoms with Crippen LogP contribution < -0.4 is 0 Å². The summed E-state index contributed by atoms with van der Waals surface area (Å²) in [6, 6.07) is 5.92. The minimum Gasteiger partial charge on any atom is -0.259 e. The van der Waals surface area contributed by atoms with E-state index in [1.807, 2.05) is 36.6 Å². The van der Waals surface area contributed by atoms with Crippen LogP contribution >= 0.6 is 0 Å². The van der Waals surface area contributed by atoms with E-state index in [0.29, 0.717) is 0 Å². The van der Waals surface area contributed by atoms with E-state index in [9.17, 15) is 0 Å². The lowest BCUT2D eigenvalue weighted by molar-refractivity contribution is 0.404. The second kappa shape index (κ2) is 5.58. The molecule has 0 amide bonds. The van der Waals surface area contributed by atoms with Crippen LogP contribution in [-0.2, 0) is 0 Å². The van der Waals surface area contributed by atoms with Gasteiger partial charge in [0.05, 0.1) is 11.4 Å². The summed E-state index contributed by atoms with van der Waals surface area (Å²) in [4.78, 5) is 8.84. The van der Waals surface area contributed by atoms with Crippen LogP contribution in [0.4, 0.5) is 0 Å². The maximum absolute atomic E-state index is 4.46. The van der Waals surface area contributed by atoms with Crippen LogP contribution in [-0.4, -0.2) is 10.7 Å². The number of nitrogens with zero attached hydrogens (tertiary/aromatic N) is 2. The highest BCUT2D eigenvalue weighted by Crippen LogP contribution is 2.37. The normalized spacial score (nSPS) is 17.0. The molecule has 2 nitrogen and oxygen atoms in total. The molecule has 92 valence electrons. The van der Waals surface area contributed by atoms with Gasteiger partial charge in [0.2, 0.25) is 0 Å². The molecule has 2 heterocycles. The summed E-state index contributed by atoms with van der Waals surface area (Å²) in [5.41, 5.74) is 2.07. The minimum atomic E-state index is 0.0676. The van der Waals surface area contributed by atoms with E-state index in [-0.39, 0.29) is 5.41 Å². The van der Waals surface area contributed by atoms with E-state index >= 15 is 0 Å². The van der Waals surface area contributed by atoms with Gasteiger partial charge in [0.25, 0.3) is 0 Å².